The highest BCUT2D eigenvalue weighted by molar-refractivity contribution is 7.80. The van der Waals surface area contributed by atoms with Crippen LogP contribution in [0.25, 0.3) is 0 Å². The van der Waals surface area contributed by atoms with E-state index in [1.165, 1.54) is 19.3 Å². The van der Waals surface area contributed by atoms with Crippen LogP contribution in [0.15, 0.2) is 24.3 Å². The van der Waals surface area contributed by atoms with Gasteiger partial charge in [-0.2, -0.15) is 5.26 Å². The Morgan fingerprint density at radius 3 is 2.60 bits per heavy atom. The van der Waals surface area contributed by atoms with Crippen LogP contribution >= 0.6 is 12.2 Å². The molecule has 6 nitrogen and oxygen atoms in total. The van der Waals surface area contributed by atoms with E-state index in [9.17, 15) is 4.79 Å². The minimum absolute atomic E-state index is 0.329. The van der Waals surface area contributed by atoms with Crippen LogP contribution in [0.3, 0.4) is 0 Å². The quantitative estimate of drug-likeness (QED) is 0.565. The third-order valence-electron chi connectivity index (χ3n) is 4.39. The zero-order valence-electron chi connectivity index (χ0n) is 14.5. The Balaban J connectivity index is 1.74. The van der Waals surface area contributed by atoms with Gasteiger partial charge in [0, 0.05) is 6.04 Å². The third kappa shape index (κ3) is 5.91. The van der Waals surface area contributed by atoms with Gasteiger partial charge in [-0.05, 0) is 62.2 Å². The number of hydrogen-bond acceptors (Lipinski definition) is 4. The van der Waals surface area contributed by atoms with Gasteiger partial charge in [-0.15, -0.1) is 0 Å². The zero-order valence-corrected chi connectivity index (χ0v) is 15.4. The lowest BCUT2D eigenvalue weighted by atomic mass is 9.86. The molecule has 25 heavy (non-hydrogen) atoms. The largest absolute Gasteiger partial charge is 0.481 e. The molecule has 0 heterocycles. The number of carbonyl (C=O) groups is 1. The second-order valence-corrected chi connectivity index (χ2v) is 6.76. The minimum atomic E-state index is -0.697. The number of benzene rings is 1. The predicted molar refractivity (Wildman–Crippen MR) is 99.7 cm³/mol. The monoisotopic (exact) mass is 360 g/mol. The molecule has 0 saturated heterocycles. The summed E-state index contributed by atoms with van der Waals surface area (Å²) < 4.78 is 5.55. The molecule has 0 aliphatic heterocycles. The molecule has 0 aromatic heterocycles. The fourth-order valence-electron chi connectivity index (χ4n) is 2.82. The highest BCUT2D eigenvalue weighted by atomic mass is 32.1. The smallest absolute Gasteiger partial charge is 0.279 e. The van der Waals surface area contributed by atoms with Gasteiger partial charge < -0.3 is 10.1 Å². The predicted octanol–water partition coefficient (Wildman–Crippen LogP) is 2.40. The fourth-order valence-corrected chi connectivity index (χ4v) is 3.02. The van der Waals surface area contributed by atoms with Crippen LogP contribution in [0, 0.1) is 17.2 Å². The van der Waals surface area contributed by atoms with Gasteiger partial charge in [0.1, 0.15) is 5.75 Å². The lowest BCUT2D eigenvalue weighted by Gasteiger charge is -2.30. The zero-order chi connectivity index (χ0) is 18.2. The molecule has 0 bridgehead atoms. The van der Waals surface area contributed by atoms with E-state index in [0.717, 1.165) is 6.42 Å². The Bertz CT molecular complexity index is 641. The fraction of sp³-hybridized carbons (Fsp3) is 0.500. The van der Waals surface area contributed by atoms with E-state index in [-0.39, 0.29) is 5.91 Å². The molecule has 1 saturated carbocycles. The maximum absolute atomic E-state index is 12.1. The highest BCUT2D eigenvalue weighted by Gasteiger charge is 2.22. The summed E-state index contributed by atoms with van der Waals surface area (Å²) in [5.41, 5.74) is 5.83. The number of rotatable bonds is 4. The van der Waals surface area contributed by atoms with Gasteiger partial charge >= 0.3 is 0 Å². The van der Waals surface area contributed by atoms with Crippen molar-refractivity contribution in [2.75, 3.05) is 0 Å². The Kier molecular flexibility index (Phi) is 7.02. The third-order valence-corrected chi connectivity index (χ3v) is 4.61. The normalized spacial score (nSPS) is 20.7. The van der Waals surface area contributed by atoms with Crippen LogP contribution in [0.4, 0.5) is 0 Å². The molecular formula is C18H24N4O2S. The van der Waals surface area contributed by atoms with E-state index in [2.05, 4.69) is 23.1 Å². The van der Waals surface area contributed by atoms with Crippen molar-refractivity contribution in [3.63, 3.8) is 0 Å². The Hall–Kier alpha value is -2.33. The second-order valence-electron chi connectivity index (χ2n) is 6.35. The first-order valence-corrected chi connectivity index (χ1v) is 8.93. The van der Waals surface area contributed by atoms with E-state index >= 15 is 0 Å². The highest BCUT2D eigenvalue weighted by Crippen LogP contribution is 2.23. The summed E-state index contributed by atoms with van der Waals surface area (Å²) in [4.78, 5) is 12.1. The van der Waals surface area contributed by atoms with E-state index < -0.39 is 6.10 Å². The van der Waals surface area contributed by atoms with Crippen molar-refractivity contribution < 1.29 is 9.53 Å². The number of nitriles is 1. The van der Waals surface area contributed by atoms with Crippen molar-refractivity contribution in [2.24, 2.45) is 5.92 Å². The van der Waals surface area contributed by atoms with Crippen LogP contribution in [0.1, 0.15) is 45.1 Å². The summed E-state index contributed by atoms with van der Waals surface area (Å²) in [6.45, 7) is 3.86. The molecule has 1 aromatic carbocycles. The number of carbonyl (C=O) groups excluding carboxylic acids is 1. The minimum Gasteiger partial charge on any atom is -0.481 e. The van der Waals surface area contributed by atoms with Crippen LogP contribution in [0.5, 0.6) is 5.75 Å². The van der Waals surface area contributed by atoms with Crippen molar-refractivity contribution in [3.8, 4) is 11.8 Å². The van der Waals surface area contributed by atoms with Crippen LogP contribution in [0.2, 0.25) is 0 Å². The molecule has 1 fully saturated rings. The van der Waals surface area contributed by atoms with Gasteiger partial charge in [0.2, 0.25) is 0 Å². The molecule has 7 heteroatoms. The molecule has 3 N–H and O–H groups in total. The van der Waals surface area contributed by atoms with Gasteiger partial charge in [0.05, 0.1) is 11.6 Å². The lowest BCUT2D eigenvalue weighted by Crippen LogP contribution is -2.53. The van der Waals surface area contributed by atoms with Crippen molar-refractivity contribution in [1.82, 2.24) is 16.2 Å². The molecule has 0 radical (unpaired) electrons. The van der Waals surface area contributed by atoms with Crippen LogP contribution < -0.4 is 20.9 Å². The SMILES string of the molecule is C[C@@H]1CCCC[C@@H]1NC(=S)NNC(=O)[C@@H](C)Oc1ccc(C#N)cc1. The molecule has 1 aromatic rings. The van der Waals surface area contributed by atoms with Crippen molar-refractivity contribution in [3.05, 3.63) is 29.8 Å². The standard InChI is InChI=1S/C18H24N4O2S/c1-12-5-3-4-6-16(12)20-18(25)22-21-17(23)13(2)24-15-9-7-14(11-19)8-10-15/h7-10,12-13,16H,3-6H2,1-2H3,(H,21,23)(H2,20,22,25)/t12-,13-,16+/m1/s1. The molecule has 0 spiro atoms. The number of hydrogen-bond donors (Lipinski definition) is 3. The van der Waals surface area contributed by atoms with E-state index in [0.29, 0.717) is 28.4 Å². The van der Waals surface area contributed by atoms with Crippen LogP contribution in [-0.4, -0.2) is 23.2 Å². The van der Waals surface area contributed by atoms with Crippen molar-refractivity contribution >= 4 is 23.2 Å². The summed E-state index contributed by atoms with van der Waals surface area (Å²) in [7, 11) is 0. The molecule has 1 aliphatic carbocycles. The van der Waals surface area contributed by atoms with Gasteiger partial charge in [-0.3, -0.25) is 15.6 Å². The van der Waals surface area contributed by atoms with Crippen molar-refractivity contribution in [2.45, 2.75) is 51.7 Å². The lowest BCUT2D eigenvalue weighted by molar-refractivity contribution is -0.127. The molecule has 0 unspecified atom stereocenters. The van der Waals surface area contributed by atoms with E-state index in [1.807, 2.05) is 6.07 Å². The van der Waals surface area contributed by atoms with Gasteiger partial charge in [-0.25, -0.2) is 0 Å². The first-order chi connectivity index (χ1) is 12.0. The molecule has 3 atom stereocenters. The first kappa shape index (κ1) is 19.0. The van der Waals surface area contributed by atoms with Gasteiger partial charge in [0.25, 0.3) is 5.91 Å². The number of nitrogens with zero attached hydrogens (tertiary/aromatic N) is 1. The summed E-state index contributed by atoms with van der Waals surface area (Å²) in [6.07, 6.45) is 4.06. The average molecular weight is 360 g/mol. The molecular weight excluding hydrogens is 336 g/mol. The summed E-state index contributed by atoms with van der Waals surface area (Å²) in [6, 6.07) is 8.98. The Morgan fingerprint density at radius 2 is 1.96 bits per heavy atom. The number of amides is 1. The topological polar surface area (TPSA) is 86.2 Å². The second kappa shape index (κ2) is 9.23. The number of ether oxygens (including phenoxy) is 1. The first-order valence-electron chi connectivity index (χ1n) is 8.52. The van der Waals surface area contributed by atoms with Crippen molar-refractivity contribution in [1.29, 1.82) is 5.26 Å². The Labute approximate surface area is 153 Å². The van der Waals surface area contributed by atoms with Gasteiger partial charge in [0.15, 0.2) is 11.2 Å². The summed E-state index contributed by atoms with van der Waals surface area (Å²) >= 11 is 5.24. The number of nitrogens with one attached hydrogen (secondary N) is 3. The molecule has 1 amide bonds. The van der Waals surface area contributed by atoms with Gasteiger partial charge in [-0.1, -0.05) is 19.8 Å². The maximum Gasteiger partial charge on any atom is 0.279 e. The van der Waals surface area contributed by atoms with Crippen LogP contribution in [-0.2, 0) is 4.79 Å². The maximum atomic E-state index is 12.1. The average Bonchev–Trinajstić information content (AvgIpc) is 2.62. The number of thiocarbonyl (C=S) groups is 1. The molecule has 134 valence electrons. The summed E-state index contributed by atoms with van der Waals surface area (Å²) in [5.74, 6) is 0.770. The Morgan fingerprint density at radius 1 is 1.28 bits per heavy atom. The van der Waals surface area contributed by atoms with E-state index in [4.69, 9.17) is 22.2 Å². The van der Waals surface area contributed by atoms with E-state index in [1.54, 1.807) is 31.2 Å². The molecule has 1 aliphatic rings. The number of hydrazine groups is 1. The molecule has 2 rings (SSSR count). The summed E-state index contributed by atoms with van der Waals surface area (Å²) in [5, 5.41) is 12.4.